The molecule has 0 amide bonds. The van der Waals surface area contributed by atoms with Gasteiger partial charge in [-0.2, -0.15) is 0 Å². The van der Waals surface area contributed by atoms with Crippen molar-refractivity contribution in [2.24, 2.45) is 0 Å². The zero-order valence-corrected chi connectivity index (χ0v) is 10.0. The lowest BCUT2D eigenvalue weighted by atomic mass is 9.92. The van der Waals surface area contributed by atoms with Gasteiger partial charge in [-0.15, -0.1) is 0 Å². The predicted molar refractivity (Wildman–Crippen MR) is 66.7 cm³/mol. The van der Waals surface area contributed by atoms with Crippen LogP contribution in [0.15, 0.2) is 57.7 Å². The Bertz CT molecular complexity index is 448. The minimum Gasteiger partial charge on any atom is -0.0801 e. The van der Waals surface area contributed by atoms with E-state index in [2.05, 4.69) is 52.0 Å². The molecule has 0 spiro atoms. The average molecular weight is 198 g/mol. The first-order chi connectivity index (χ1) is 7.11. The Balaban J connectivity index is 2.66. The number of hydrogen-bond donors (Lipinski definition) is 0. The summed E-state index contributed by atoms with van der Waals surface area (Å²) in [6.07, 6.45) is 10.0. The highest BCUT2D eigenvalue weighted by molar-refractivity contribution is 5.59. The normalized spacial score (nSPS) is 21.1. The van der Waals surface area contributed by atoms with E-state index in [-0.39, 0.29) is 0 Å². The summed E-state index contributed by atoms with van der Waals surface area (Å²) < 4.78 is 0. The van der Waals surface area contributed by atoms with E-state index < -0.39 is 0 Å². The average Bonchev–Trinajstić information content (AvgIpc) is 2.32. The van der Waals surface area contributed by atoms with E-state index >= 15 is 0 Å². The van der Waals surface area contributed by atoms with E-state index in [4.69, 9.17) is 0 Å². The van der Waals surface area contributed by atoms with Gasteiger partial charge in [0.15, 0.2) is 0 Å². The molecule has 78 valence electrons. The summed E-state index contributed by atoms with van der Waals surface area (Å²) in [6.45, 7) is 8.90. The Hall–Kier alpha value is -1.30. The number of fused-ring (bicyclic) bond motifs is 1. The fraction of sp³-hybridized carbons (Fsp3) is 0.333. The molecular formula is C15H18. The highest BCUT2D eigenvalue weighted by atomic mass is 14.2. The van der Waals surface area contributed by atoms with E-state index in [0.29, 0.717) is 0 Å². The van der Waals surface area contributed by atoms with Crippen LogP contribution in [-0.4, -0.2) is 0 Å². The van der Waals surface area contributed by atoms with E-state index in [1.807, 2.05) is 0 Å². The quantitative estimate of drug-likeness (QED) is 0.538. The number of hydrogen-bond acceptors (Lipinski definition) is 0. The van der Waals surface area contributed by atoms with Gasteiger partial charge in [0.1, 0.15) is 0 Å². The van der Waals surface area contributed by atoms with Crippen LogP contribution in [0.2, 0.25) is 0 Å². The van der Waals surface area contributed by atoms with Crippen LogP contribution in [0.5, 0.6) is 0 Å². The second-order valence-electron chi connectivity index (χ2n) is 4.44. The van der Waals surface area contributed by atoms with Crippen molar-refractivity contribution < 1.29 is 0 Å². The maximum atomic E-state index is 2.31. The first-order valence-electron chi connectivity index (χ1n) is 5.54. The van der Waals surface area contributed by atoms with Crippen molar-refractivity contribution in [1.82, 2.24) is 0 Å². The predicted octanol–water partition coefficient (Wildman–Crippen LogP) is 4.49. The van der Waals surface area contributed by atoms with E-state index in [9.17, 15) is 0 Å². The Morgan fingerprint density at radius 3 is 2.40 bits per heavy atom. The molecule has 2 aliphatic rings. The Labute approximate surface area is 92.4 Å². The van der Waals surface area contributed by atoms with Crippen molar-refractivity contribution in [3.8, 4) is 0 Å². The van der Waals surface area contributed by atoms with Crippen molar-refractivity contribution in [2.45, 2.75) is 34.1 Å². The molecule has 0 heteroatoms. The molecule has 0 N–H and O–H groups in total. The van der Waals surface area contributed by atoms with Gasteiger partial charge >= 0.3 is 0 Å². The van der Waals surface area contributed by atoms with Crippen molar-refractivity contribution in [3.63, 3.8) is 0 Å². The fourth-order valence-electron chi connectivity index (χ4n) is 2.23. The van der Waals surface area contributed by atoms with Crippen molar-refractivity contribution in [1.29, 1.82) is 0 Å². The summed E-state index contributed by atoms with van der Waals surface area (Å²) in [5.74, 6) is 0. The summed E-state index contributed by atoms with van der Waals surface area (Å²) in [5, 5.41) is 0. The Kier molecular flexibility index (Phi) is 2.52. The SMILES string of the molecule is CC1=CC2=CC=CCC2=C(C)C(C)=C1C. The molecule has 0 bridgehead atoms. The minimum absolute atomic E-state index is 1.08. The van der Waals surface area contributed by atoms with Gasteiger partial charge < -0.3 is 0 Å². The molecule has 0 saturated heterocycles. The molecule has 0 atom stereocenters. The first-order valence-corrected chi connectivity index (χ1v) is 5.54. The summed E-state index contributed by atoms with van der Waals surface area (Å²) in [7, 11) is 0. The van der Waals surface area contributed by atoms with Gasteiger partial charge in [-0.05, 0) is 67.6 Å². The van der Waals surface area contributed by atoms with Gasteiger partial charge in [0.25, 0.3) is 0 Å². The van der Waals surface area contributed by atoms with Gasteiger partial charge in [0.05, 0.1) is 0 Å². The van der Waals surface area contributed by atoms with Crippen LogP contribution in [-0.2, 0) is 0 Å². The third kappa shape index (κ3) is 1.65. The van der Waals surface area contributed by atoms with Crippen LogP contribution < -0.4 is 0 Å². The molecule has 0 heterocycles. The molecular weight excluding hydrogens is 180 g/mol. The lowest BCUT2D eigenvalue weighted by Crippen LogP contribution is -1.94. The molecule has 0 nitrogen and oxygen atoms in total. The van der Waals surface area contributed by atoms with Gasteiger partial charge in [-0.1, -0.05) is 24.3 Å². The van der Waals surface area contributed by atoms with Crippen LogP contribution in [0.25, 0.3) is 0 Å². The standard InChI is InChI=1S/C15H18/c1-10-9-14-7-5-6-8-15(14)13(4)12(3)11(10)2/h5-7,9H,8H2,1-4H3. The first kappa shape index (κ1) is 10.2. The molecule has 0 unspecified atom stereocenters. The van der Waals surface area contributed by atoms with Crippen LogP contribution in [0.1, 0.15) is 34.1 Å². The second kappa shape index (κ2) is 3.69. The largest absolute Gasteiger partial charge is 0.0801 e. The zero-order chi connectivity index (χ0) is 11.0. The van der Waals surface area contributed by atoms with Gasteiger partial charge in [0.2, 0.25) is 0 Å². The third-order valence-electron chi connectivity index (χ3n) is 3.62. The number of allylic oxidation sites excluding steroid dienone is 10. The highest BCUT2D eigenvalue weighted by Crippen LogP contribution is 2.34. The van der Waals surface area contributed by atoms with E-state index in [1.54, 1.807) is 0 Å². The Morgan fingerprint density at radius 2 is 1.67 bits per heavy atom. The zero-order valence-electron chi connectivity index (χ0n) is 10.0. The topological polar surface area (TPSA) is 0 Å². The van der Waals surface area contributed by atoms with Crippen molar-refractivity contribution in [3.05, 3.63) is 57.7 Å². The maximum absolute atomic E-state index is 2.31. The molecule has 2 rings (SSSR count). The summed E-state index contributed by atoms with van der Waals surface area (Å²) >= 11 is 0. The van der Waals surface area contributed by atoms with E-state index in [0.717, 1.165) is 6.42 Å². The van der Waals surface area contributed by atoms with E-state index in [1.165, 1.54) is 33.4 Å². The molecule has 0 saturated carbocycles. The molecule has 2 aliphatic carbocycles. The smallest absolute Gasteiger partial charge is 0.00857 e. The molecule has 0 fully saturated rings. The van der Waals surface area contributed by atoms with Gasteiger partial charge in [-0.3, -0.25) is 0 Å². The molecule has 0 aromatic heterocycles. The molecule has 0 aromatic rings. The summed E-state index contributed by atoms with van der Waals surface area (Å²) in [5.41, 5.74) is 8.60. The lowest BCUT2D eigenvalue weighted by Gasteiger charge is -2.13. The van der Waals surface area contributed by atoms with Crippen LogP contribution in [0.3, 0.4) is 0 Å². The Morgan fingerprint density at radius 1 is 0.933 bits per heavy atom. The number of rotatable bonds is 0. The van der Waals surface area contributed by atoms with Gasteiger partial charge in [0, 0.05) is 0 Å². The molecule has 0 aliphatic heterocycles. The summed E-state index contributed by atoms with van der Waals surface area (Å²) in [6, 6.07) is 0. The van der Waals surface area contributed by atoms with Crippen LogP contribution in [0, 0.1) is 0 Å². The monoisotopic (exact) mass is 198 g/mol. The molecule has 15 heavy (non-hydrogen) atoms. The van der Waals surface area contributed by atoms with Crippen LogP contribution in [0.4, 0.5) is 0 Å². The minimum atomic E-state index is 1.08. The van der Waals surface area contributed by atoms with Crippen LogP contribution >= 0.6 is 0 Å². The fourth-order valence-corrected chi connectivity index (χ4v) is 2.23. The second-order valence-corrected chi connectivity index (χ2v) is 4.44. The third-order valence-corrected chi connectivity index (χ3v) is 3.62. The molecule has 0 aromatic carbocycles. The summed E-state index contributed by atoms with van der Waals surface area (Å²) in [4.78, 5) is 0. The van der Waals surface area contributed by atoms with Crippen molar-refractivity contribution in [2.75, 3.05) is 0 Å². The van der Waals surface area contributed by atoms with Gasteiger partial charge in [-0.25, -0.2) is 0 Å². The van der Waals surface area contributed by atoms with Crippen molar-refractivity contribution >= 4 is 0 Å². The molecule has 0 radical (unpaired) electrons. The highest BCUT2D eigenvalue weighted by Gasteiger charge is 2.15. The lowest BCUT2D eigenvalue weighted by molar-refractivity contribution is 1.14. The maximum Gasteiger partial charge on any atom is -0.00857 e.